The molecule has 0 radical (unpaired) electrons. The van der Waals surface area contributed by atoms with E-state index in [0.29, 0.717) is 6.61 Å². The minimum atomic E-state index is -0.407. The van der Waals surface area contributed by atoms with Crippen LogP contribution in [0, 0.1) is 6.92 Å². The van der Waals surface area contributed by atoms with Gasteiger partial charge in [-0.05, 0) is 51.1 Å². The summed E-state index contributed by atoms with van der Waals surface area (Å²) in [7, 11) is 0. The highest BCUT2D eigenvalue weighted by atomic mass is 16.5. The molecule has 0 fully saturated rings. The summed E-state index contributed by atoms with van der Waals surface area (Å²) in [5, 5.41) is 8.52. The number of nitrogens with one attached hydrogen (secondary N) is 1. The van der Waals surface area contributed by atoms with Crippen LogP contribution in [0.2, 0.25) is 0 Å². The van der Waals surface area contributed by atoms with Gasteiger partial charge in [-0.15, -0.1) is 0 Å². The summed E-state index contributed by atoms with van der Waals surface area (Å²) in [5.74, 6) is 0.685. The number of ether oxygens (including phenoxy) is 1. The Labute approximate surface area is 141 Å². The van der Waals surface area contributed by atoms with Crippen molar-refractivity contribution >= 4 is 22.5 Å². The quantitative estimate of drug-likeness (QED) is 0.773. The van der Waals surface area contributed by atoms with E-state index in [-0.39, 0.29) is 5.91 Å². The van der Waals surface area contributed by atoms with Crippen molar-refractivity contribution in [1.29, 1.82) is 0 Å². The lowest BCUT2D eigenvalue weighted by Crippen LogP contribution is -2.24. The van der Waals surface area contributed by atoms with E-state index in [9.17, 15) is 4.79 Å². The zero-order chi connectivity index (χ0) is 17.1. The number of nitrogens with zero attached hydrogens (tertiary/aromatic N) is 2. The molecule has 124 valence electrons. The number of para-hydroxylation sites is 1. The number of rotatable bonds is 5. The van der Waals surface area contributed by atoms with Crippen molar-refractivity contribution in [3.63, 3.8) is 0 Å². The van der Waals surface area contributed by atoms with Crippen LogP contribution in [0.4, 0.5) is 5.69 Å². The van der Waals surface area contributed by atoms with Gasteiger partial charge in [0.15, 0.2) is 0 Å². The third kappa shape index (κ3) is 3.11. The second-order valence-corrected chi connectivity index (χ2v) is 5.67. The van der Waals surface area contributed by atoms with Crippen molar-refractivity contribution in [3.05, 3.63) is 54.2 Å². The molecule has 1 amide bonds. The van der Waals surface area contributed by atoms with E-state index in [1.807, 2.05) is 69.3 Å². The van der Waals surface area contributed by atoms with Crippen LogP contribution in [0.5, 0.6) is 5.75 Å². The van der Waals surface area contributed by atoms with Gasteiger partial charge < -0.3 is 10.1 Å². The Morgan fingerprint density at radius 3 is 2.62 bits per heavy atom. The number of carbonyl (C=O) groups excluding carboxylic acids is 1. The second kappa shape index (κ2) is 6.74. The number of hydrogen-bond acceptors (Lipinski definition) is 3. The molecule has 0 spiro atoms. The van der Waals surface area contributed by atoms with Gasteiger partial charge >= 0.3 is 0 Å². The van der Waals surface area contributed by atoms with Crippen molar-refractivity contribution < 1.29 is 9.53 Å². The first-order chi connectivity index (χ1) is 11.6. The average molecular weight is 323 g/mol. The summed E-state index contributed by atoms with van der Waals surface area (Å²) < 4.78 is 7.18. The van der Waals surface area contributed by atoms with E-state index < -0.39 is 6.04 Å². The van der Waals surface area contributed by atoms with Crippen molar-refractivity contribution in [2.45, 2.75) is 26.8 Å². The van der Waals surface area contributed by atoms with Crippen LogP contribution >= 0.6 is 0 Å². The molecule has 5 nitrogen and oxygen atoms in total. The summed E-state index contributed by atoms with van der Waals surface area (Å²) in [5.41, 5.74) is 2.62. The zero-order valence-electron chi connectivity index (χ0n) is 14.1. The van der Waals surface area contributed by atoms with Crippen LogP contribution in [0.3, 0.4) is 0 Å². The maximum absolute atomic E-state index is 12.6. The molecular weight excluding hydrogens is 302 g/mol. The van der Waals surface area contributed by atoms with Gasteiger partial charge in [-0.25, -0.2) is 0 Å². The first kappa shape index (κ1) is 16.1. The predicted octanol–water partition coefficient (Wildman–Crippen LogP) is 3.94. The molecule has 0 unspecified atom stereocenters. The largest absolute Gasteiger partial charge is 0.494 e. The molecule has 2 aromatic carbocycles. The number of aromatic nitrogens is 2. The maximum Gasteiger partial charge on any atom is 0.248 e. The minimum Gasteiger partial charge on any atom is -0.494 e. The summed E-state index contributed by atoms with van der Waals surface area (Å²) in [6, 6.07) is 14.9. The maximum atomic E-state index is 12.6. The Balaban J connectivity index is 1.79. The smallest absolute Gasteiger partial charge is 0.248 e. The van der Waals surface area contributed by atoms with E-state index in [0.717, 1.165) is 28.0 Å². The molecule has 5 heteroatoms. The fourth-order valence-corrected chi connectivity index (χ4v) is 2.70. The summed E-state index contributed by atoms with van der Waals surface area (Å²) in [4.78, 5) is 12.6. The second-order valence-electron chi connectivity index (χ2n) is 5.67. The molecular formula is C19H21N3O2. The summed E-state index contributed by atoms with van der Waals surface area (Å²) >= 11 is 0. The molecule has 1 atom stereocenters. The van der Waals surface area contributed by atoms with Gasteiger partial charge in [0.2, 0.25) is 5.91 Å². The van der Waals surface area contributed by atoms with Crippen LogP contribution in [-0.2, 0) is 4.79 Å². The fourth-order valence-electron chi connectivity index (χ4n) is 2.70. The number of fused-ring (bicyclic) bond motifs is 1. The molecule has 24 heavy (non-hydrogen) atoms. The zero-order valence-corrected chi connectivity index (χ0v) is 14.1. The third-order valence-corrected chi connectivity index (χ3v) is 3.98. The van der Waals surface area contributed by atoms with E-state index in [1.54, 1.807) is 4.68 Å². The van der Waals surface area contributed by atoms with Crippen molar-refractivity contribution in [2.75, 3.05) is 11.9 Å². The van der Waals surface area contributed by atoms with Gasteiger partial charge in [-0.1, -0.05) is 18.2 Å². The normalized spacial score (nSPS) is 12.1. The highest BCUT2D eigenvalue weighted by molar-refractivity contribution is 5.94. The van der Waals surface area contributed by atoms with Gasteiger partial charge in [-0.2, -0.15) is 5.10 Å². The molecule has 0 saturated heterocycles. The van der Waals surface area contributed by atoms with Crippen LogP contribution in [0.1, 0.15) is 25.6 Å². The first-order valence-electron chi connectivity index (χ1n) is 8.07. The molecule has 3 aromatic rings. The van der Waals surface area contributed by atoms with Crippen LogP contribution in [0.15, 0.2) is 48.5 Å². The lowest BCUT2D eigenvalue weighted by molar-refractivity contribution is -0.119. The van der Waals surface area contributed by atoms with Crippen molar-refractivity contribution in [3.8, 4) is 5.75 Å². The standard InChI is InChI=1S/C19H21N3O2/c1-4-24-16-11-9-15(10-12-16)20-19(23)14(3)22-18-8-6-5-7-17(18)13(2)21-22/h5-12,14H,4H2,1-3H3,(H,20,23)/t14-/m0/s1. The lowest BCUT2D eigenvalue weighted by Gasteiger charge is -2.14. The first-order valence-corrected chi connectivity index (χ1v) is 8.07. The molecule has 0 bridgehead atoms. The molecule has 0 aliphatic heterocycles. The van der Waals surface area contributed by atoms with Gasteiger partial charge in [-0.3, -0.25) is 9.48 Å². The topological polar surface area (TPSA) is 56.1 Å². The lowest BCUT2D eigenvalue weighted by atomic mass is 10.2. The Bertz CT molecular complexity index is 853. The Morgan fingerprint density at radius 2 is 1.92 bits per heavy atom. The Morgan fingerprint density at radius 1 is 1.21 bits per heavy atom. The minimum absolute atomic E-state index is 0.104. The summed E-state index contributed by atoms with van der Waals surface area (Å²) in [6.45, 7) is 6.36. The number of benzene rings is 2. The molecule has 1 N–H and O–H groups in total. The van der Waals surface area contributed by atoms with Crippen LogP contribution in [0.25, 0.3) is 10.9 Å². The molecule has 0 saturated carbocycles. The van der Waals surface area contributed by atoms with Gasteiger partial charge in [0, 0.05) is 11.1 Å². The number of amides is 1. The Kier molecular flexibility index (Phi) is 4.51. The number of hydrogen-bond donors (Lipinski definition) is 1. The fraction of sp³-hybridized carbons (Fsp3) is 0.263. The average Bonchev–Trinajstić information content (AvgIpc) is 2.93. The van der Waals surface area contributed by atoms with Crippen LogP contribution in [-0.4, -0.2) is 22.3 Å². The molecule has 3 rings (SSSR count). The van der Waals surface area contributed by atoms with Gasteiger partial charge in [0.1, 0.15) is 11.8 Å². The third-order valence-electron chi connectivity index (χ3n) is 3.98. The predicted molar refractivity (Wildman–Crippen MR) is 95.4 cm³/mol. The highest BCUT2D eigenvalue weighted by Gasteiger charge is 2.19. The van der Waals surface area contributed by atoms with E-state index in [1.165, 1.54) is 0 Å². The summed E-state index contributed by atoms with van der Waals surface area (Å²) in [6.07, 6.45) is 0. The Hall–Kier alpha value is -2.82. The monoisotopic (exact) mass is 323 g/mol. The highest BCUT2D eigenvalue weighted by Crippen LogP contribution is 2.22. The van der Waals surface area contributed by atoms with Gasteiger partial charge in [0.25, 0.3) is 0 Å². The number of aryl methyl sites for hydroxylation is 1. The molecule has 0 aliphatic carbocycles. The van der Waals surface area contributed by atoms with E-state index in [4.69, 9.17) is 4.74 Å². The van der Waals surface area contributed by atoms with E-state index >= 15 is 0 Å². The van der Waals surface area contributed by atoms with E-state index in [2.05, 4.69) is 10.4 Å². The SMILES string of the molecule is CCOc1ccc(NC(=O)[C@H](C)n2nc(C)c3ccccc32)cc1. The number of carbonyl (C=O) groups is 1. The van der Waals surface area contributed by atoms with Crippen molar-refractivity contribution in [1.82, 2.24) is 9.78 Å². The van der Waals surface area contributed by atoms with Crippen molar-refractivity contribution in [2.24, 2.45) is 0 Å². The molecule has 0 aliphatic rings. The van der Waals surface area contributed by atoms with Gasteiger partial charge in [0.05, 0.1) is 17.8 Å². The molecule has 1 heterocycles. The molecule has 1 aromatic heterocycles. The number of anilines is 1. The van der Waals surface area contributed by atoms with Crippen LogP contribution < -0.4 is 10.1 Å².